The molecule has 0 spiro atoms. The lowest BCUT2D eigenvalue weighted by Gasteiger charge is -2.33. The highest BCUT2D eigenvalue weighted by molar-refractivity contribution is 6.06. The van der Waals surface area contributed by atoms with Crippen molar-refractivity contribution in [2.45, 2.75) is 0 Å². The summed E-state index contributed by atoms with van der Waals surface area (Å²) >= 11 is 0. The third-order valence-corrected chi connectivity index (χ3v) is 3.85. The predicted molar refractivity (Wildman–Crippen MR) is 90.4 cm³/mol. The highest BCUT2D eigenvalue weighted by Crippen LogP contribution is 2.16. The summed E-state index contributed by atoms with van der Waals surface area (Å²) in [7, 11) is 1.57. The van der Waals surface area contributed by atoms with Crippen LogP contribution in [0, 0.1) is 11.3 Å². The molecule has 1 aromatic carbocycles. The lowest BCUT2D eigenvalue weighted by Crippen LogP contribution is -2.45. The van der Waals surface area contributed by atoms with E-state index in [9.17, 15) is 10.1 Å². The fraction of sp³-hybridized carbons (Fsp3) is 0.412. The minimum atomic E-state index is -0.430. The topological polar surface area (TPSA) is 88.8 Å². The highest BCUT2D eigenvalue weighted by Gasteiger charge is 2.17. The lowest BCUT2D eigenvalue weighted by molar-refractivity contribution is -0.112. The van der Waals surface area contributed by atoms with E-state index in [2.05, 4.69) is 10.2 Å². The van der Waals surface area contributed by atoms with Crippen molar-refractivity contribution in [3.63, 3.8) is 0 Å². The smallest absolute Gasteiger partial charge is 0.267 e. The van der Waals surface area contributed by atoms with E-state index in [1.807, 2.05) is 11.0 Å². The first-order valence-corrected chi connectivity index (χ1v) is 7.81. The summed E-state index contributed by atoms with van der Waals surface area (Å²) in [6, 6.07) is 8.88. The van der Waals surface area contributed by atoms with Gasteiger partial charge in [0, 0.05) is 44.6 Å². The van der Waals surface area contributed by atoms with Gasteiger partial charge in [-0.05, 0) is 24.3 Å². The van der Waals surface area contributed by atoms with Gasteiger partial charge in [-0.25, -0.2) is 0 Å². The van der Waals surface area contributed by atoms with Crippen LogP contribution in [0.5, 0.6) is 5.75 Å². The number of nitriles is 1. The largest absolute Gasteiger partial charge is 0.497 e. The van der Waals surface area contributed by atoms with Crippen molar-refractivity contribution < 1.29 is 14.6 Å². The molecule has 2 rings (SSSR count). The number of amides is 1. The Balaban J connectivity index is 1.94. The number of rotatable bonds is 6. The number of hydrogen-bond acceptors (Lipinski definition) is 6. The molecule has 1 saturated heterocycles. The summed E-state index contributed by atoms with van der Waals surface area (Å²) in [5, 5.41) is 20.9. The quantitative estimate of drug-likeness (QED) is 0.588. The van der Waals surface area contributed by atoms with Crippen LogP contribution in [-0.2, 0) is 4.79 Å². The number of hydrogen-bond donors (Lipinski definition) is 2. The number of ether oxygens (including phenoxy) is 1. The molecule has 0 unspecified atom stereocenters. The summed E-state index contributed by atoms with van der Waals surface area (Å²) in [6.45, 7) is 3.85. The van der Waals surface area contributed by atoms with Crippen LogP contribution in [0.3, 0.4) is 0 Å². The molecule has 0 saturated carbocycles. The van der Waals surface area contributed by atoms with Gasteiger partial charge in [0.2, 0.25) is 0 Å². The van der Waals surface area contributed by atoms with E-state index < -0.39 is 5.91 Å². The fourth-order valence-corrected chi connectivity index (χ4v) is 2.45. The van der Waals surface area contributed by atoms with Crippen molar-refractivity contribution in [2.75, 3.05) is 51.8 Å². The van der Waals surface area contributed by atoms with Crippen LogP contribution in [-0.4, -0.2) is 67.3 Å². The van der Waals surface area contributed by atoms with E-state index in [-0.39, 0.29) is 12.2 Å². The number of nitrogens with zero attached hydrogens (tertiary/aromatic N) is 3. The van der Waals surface area contributed by atoms with Crippen LogP contribution in [0.15, 0.2) is 36.0 Å². The van der Waals surface area contributed by atoms with Crippen LogP contribution in [0.2, 0.25) is 0 Å². The molecular weight excluding hydrogens is 308 g/mol. The second-order valence-electron chi connectivity index (χ2n) is 5.44. The van der Waals surface area contributed by atoms with E-state index in [0.717, 1.165) is 26.2 Å². The van der Waals surface area contributed by atoms with Crippen LogP contribution in [0.1, 0.15) is 0 Å². The lowest BCUT2D eigenvalue weighted by atomic mass is 10.2. The van der Waals surface area contributed by atoms with E-state index in [1.165, 1.54) is 0 Å². The number of aliphatic hydroxyl groups is 1. The van der Waals surface area contributed by atoms with Crippen molar-refractivity contribution in [2.24, 2.45) is 0 Å². The molecule has 0 atom stereocenters. The summed E-state index contributed by atoms with van der Waals surface area (Å²) < 4.78 is 5.07. The van der Waals surface area contributed by atoms with Gasteiger partial charge in [-0.15, -0.1) is 0 Å². The van der Waals surface area contributed by atoms with E-state index >= 15 is 0 Å². The molecule has 2 N–H and O–H groups in total. The van der Waals surface area contributed by atoms with Gasteiger partial charge >= 0.3 is 0 Å². The van der Waals surface area contributed by atoms with Crippen LogP contribution >= 0.6 is 0 Å². The molecule has 128 valence electrons. The van der Waals surface area contributed by atoms with E-state index in [1.54, 1.807) is 37.6 Å². The van der Waals surface area contributed by atoms with Gasteiger partial charge in [0.1, 0.15) is 17.4 Å². The van der Waals surface area contributed by atoms with Crippen molar-refractivity contribution in [3.05, 3.63) is 36.0 Å². The number of β-amino-alcohol motifs (C(OH)–C–C–N with tert-alkyl or cyclic N) is 1. The number of carbonyl (C=O) groups is 1. The molecule has 0 bridgehead atoms. The van der Waals surface area contributed by atoms with Crippen LogP contribution in [0.25, 0.3) is 0 Å². The number of aliphatic hydroxyl groups excluding tert-OH is 1. The van der Waals surface area contributed by atoms with Crippen molar-refractivity contribution in [1.29, 1.82) is 5.26 Å². The first kappa shape index (κ1) is 17.8. The fourth-order valence-electron chi connectivity index (χ4n) is 2.45. The third kappa shape index (κ3) is 4.98. The predicted octanol–water partition coefficient (Wildman–Crippen LogP) is 0.651. The van der Waals surface area contributed by atoms with Gasteiger partial charge in [-0.1, -0.05) is 0 Å². The summed E-state index contributed by atoms with van der Waals surface area (Å²) in [5.74, 6) is 0.269. The average Bonchev–Trinajstić information content (AvgIpc) is 2.62. The molecule has 0 aliphatic carbocycles. The van der Waals surface area contributed by atoms with Crippen molar-refractivity contribution in [3.8, 4) is 11.8 Å². The number of anilines is 1. The molecule has 1 heterocycles. The molecule has 1 fully saturated rings. The summed E-state index contributed by atoms with van der Waals surface area (Å²) in [5.41, 5.74) is 0.677. The normalized spacial score (nSPS) is 15.7. The minimum absolute atomic E-state index is 0.0708. The number of methoxy groups -OCH3 is 1. The molecular formula is C17H22N4O3. The maximum Gasteiger partial charge on any atom is 0.267 e. The van der Waals surface area contributed by atoms with Crippen molar-refractivity contribution >= 4 is 11.6 Å². The second kappa shape index (κ2) is 8.91. The maximum absolute atomic E-state index is 12.2. The number of carbonyl (C=O) groups excluding carboxylic acids is 1. The van der Waals surface area contributed by atoms with Gasteiger partial charge in [-0.2, -0.15) is 5.26 Å². The highest BCUT2D eigenvalue weighted by atomic mass is 16.5. The molecule has 1 aliphatic heterocycles. The first-order valence-electron chi connectivity index (χ1n) is 7.81. The first-order chi connectivity index (χ1) is 11.7. The van der Waals surface area contributed by atoms with E-state index in [4.69, 9.17) is 9.84 Å². The molecule has 24 heavy (non-hydrogen) atoms. The zero-order valence-corrected chi connectivity index (χ0v) is 13.7. The Kier molecular flexibility index (Phi) is 6.61. The Morgan fingerprint density at radius 2 is 2.00 bits per heavy atom. The van der Waals surface area contributed by atoms with Crippen LogP contribution < -0.4 is 10.1 Å². The Morgan fingerprint density at radius 3 is 2.54 bits per heavy atom. The molecule has 0 aromatic heterocycles. The Bertz CT molecular complexity index is 614. The zero-order chi connectivity index (χ0) is 17.4. The number of piperazine rings is 1. The summed E-state index contributed by atoms with van der Waals surface area (Å²) in [4.78, 5) is 16.3. The summed E-state index contributed by atoms with van der Waals surface area (Å²) in [6.07, 6.45) is 1.61. The maximum atomic E-state index is 12.2. The Hall–Kier alpha value is -2.56. The number of benzene rings is 1. The van der Waals surface area contributed by atoms with Crippen molar-refractivity contribution in [1.82, 2.24) is 9.80 Å². The SMILES string of the molecule is COc1ccc(NC(=O)/C(C#N)=C\N2CCN(CCO)CC2)cc1. The van der Waals surface area contributed by atoms with E-state index in [0.29, 0.717) is 18.0 Å². The van der Waals surface area contributed by atoms with Gasteiger partial charge in [0.15, 0.2) is 0 Å². The monoisotopic (exact) mass is 330 g/mol. The third-order valence-electron chi connectivity index (χ3n) is 3.85. The Morgan fingerprint density at radius 1 is 1.33 bits per heavy atom. The standard InChI is InChI=1S/C17H22N4O3/c1-24-16-4-2-15(3-5-16)19-17(23)14(12-18)13-21-8-6-20(7-9-21)10-11-22/h2-5,13,22H,6-11H2,1H3,(H,19,23)/b14-13-. The zero-order valence-electron chi connectivity index (χ0n) is 13.7. The second-order valence-corrected chi connectivity index (χ2v) is 5.44. The van der Waals surface area contributed by atoms with Gasteiger partial charge in [-0.3, -0.25) is 9.69 Å². The number of nitrogens with one attached hydrogen (secondary N) is 1. The Labute approximate surface area is 141 Å². The van der Waals surface area contributed by atoms with Gasteiger partial charge < -0.3 is 20.1 Å². The molecule has 1 aliphatic rings. The molecule has 7 nitrogen and oxygen atoms in total. The molecule has 0 radical (unpaired) electrons. The van der Waals surface area contributed by atoms with Gasteiger partial charge in [0.25, 0.3) is 5.91 Å². The minimum Gasteiger partial charge on any atom is -0.497 e. The average molecular weight is 330 g/mol. The molecule has 7 heteroatoms. The molecule has 1 amide bonds. The molecule has 1 aromatic rings. The van der Waals surface area contributed by atoms with Crippen LogP contribution in [0.4, 0.5) is 5.69 Å². The van der Waals surface area contributed by atoms with Gasteiger partial charge in [0.05, 0.1) is 13.7 Å².